The molecular formula is C19H19BrN2O5S. The van der Waals surface area contributed by atoms with E-state index in [1.807, 2.05) is 13.0 Å². The van der Waals surface area contributed by atoms with Crippen LogP contribution in [0.2, 0.25) is 0 Å². The van der Waals surface area contributed by atoms with E-state index in [4.69, 9.17) is 4.74 Å². The van der Waals surface area contributed by atoms with Crippen LogP contribution < -0.4 is 10.0 Å². The number of sulfonamides is 1. The first-order valence-electron chi connectivity index (χ1n) is 8.19. The van der Waals surface area contributed by atoms with Crippen molar-refractivity contribution in [1.29, 1.82) is 0 Å². The number of ether oxygens (including phenoxy) is 1. The minimum absolute atomic E-state index is 0.518. The highest BCUT2D eigenvalue weighted by Crippen LogP contribution is 2.19. The summed E-state index contributed by atoms with van der Waals surface area (Å²) in [5.74, 6) is -1.39. The number of hydrogen-bond donors (Lipinski definition) is 2. The number of esters is 1. The van der Waals surface area contributed by atoms with Crippen molar-refractivity contribution in [2.24, 2.45) is 0 Å². The van der Waals surface area contributed by atoms with E-state index >= 15 is 0 Å². The molecular weight excluding hydrogens is 448 g/mol. The molecule has 2 aromatic carbocycles. The van der Waals surface area contributed by atoms with Gasteiger partial charge in [0.2, 0.25) is 10.0 Å². The van der Waals surface area contributed by atoms with Crippen LogP contribution in [0, 0.1) is 6.92 Å². The molecule has 0 atom stereocenters. The summed E-state index contributed by atoms with van der Waals surface area (Å²) in [7, 11) is -3.81. The highest BCUT2D eigenvalue weighted by molar-refractivity contribution is 9.10. The largest absolute Gasteiger partial charge is 0.455 e. The third kappa shape index (κ3) is 7.63. The second kappa shape index (κ2) is 10.2. The molecule has 1 amide bonds. The summed E-state index contributed by atoms with van der Waals surface area (Å²) in [4.78, 5) is 23.5. The molecule has 9 heteroatoms. The van der Waals surface area contributed by atoms with Crippen molar-refractivity contribution in [3.8, 4) is 0 Å². The Morgan fingerprint density at radius 3 is 2.54 bits per heavy atom. The van der Waals surface area contributed by atoms with E-state index in [-0.39, 0.29) is 0 Å². The summed E-state index contributed by atoms with van der Waals surface area (Å²) in [5.41, 5.74) is 2.21. The highest BCUT2D eigenvalue weighted by Gasteiger charge is 2.12. The van der Waals surface area contributed by atoms with E-state index in [0.717, 1.165) is 15.4 Å². The quantitative estimate of drug-likeness (QED) is 0.582. The fraction of sp³-hybridized carbons (Fsp3) is 0.158. The van der Waals surface area contributed by atoms with Gasteiger partial charge in [0.15, 0.2) is 6.61 Å². The van der Waals surface area contributed by atoms with Gasteiger partial charge >= 0.3 is 5.97 Å². The molecule has 7 nitrogen and oxygen atoms in total. The number of halogens is 1. The minimum Gasteiger partial charge on any atom is -0.455 e. The molecule has 0 aromatic heterocycles. The van der Waals surface area contributed by atoms with Crippen LogP contribution in [-0.4, -0.2) is 33.4 Å². The molecule has 0 bridgehead atoms. The summed E-state index contributed by atoms with van der Waals surface area (Å²) in [5, 5.41) is 3.55. The first kappa shape index (κ1) is 21.8. The molecule has 2 aromatic rings. The lowest BCUT2D eigenvalue weighted by Crippen LogP contribution is -2.31. The number of aryl methyl sites for hydroxylation is 1. The zero-order valence-electron chi connectivity index (χ0n) is 15.0. The van der Waals surface area contributed by atoms with Gasteiger partial charge in [-0.25, -0.2) is 13.1 Å². The van der Waals surface area contributed by atoms with Gasteiger partial charge in [-0.3, -0.25) is 9.59 Å². The Morgan fingerprint density at radius 2 is 1.86 bits per heavy atom. The van der Waals surface area contributed by atoms with Crippen LogP contribution in [0.5, 0.6) is 0 Å². The smallest absolute Gasteiger partial charge is 0.321 e. The van der Waals surface area contributed by atoms with Gasteiger partial charge in [-0.1, -0.05) is 46.3 Å². The molecule has 2 rings (SSSR count). The molecule has 0 heterocycles. The summed E-state index contributed by atoms with van der Waals surface area (Å²) < 4.78 is 31.5. The molecule has 0 radical (unpaired) electrons. The van der Waals surface area contributed by atoms with Gasteiger partial charge in [0.25, 0.3) is 5.91 Å². The fourth-order valence-corrected chi connectivity index (χ4v) is 3.05. The number of anilines is 1. The van der Waals surface area contributed by atoms with Crippen molar-refractivity contribution >= 4 is 49.6 Å². The molecule has 0 unspecified atom stereocenters. The zero-order chi connectivity index (χ0) is 20.6. The second-order valence-corrected chi connectivity index (χ2v) is 8.26. The Balaban J connectivity index is 1.76. The molecule has 0 aliphatic rings. The monoisotopic (exact) mass is 466 g/mol. The van der Waals surface area contributed by atoms with E-state index in [9.17, 15) is 18.0 Å². The van der Waals surface area contributed by atoms with Gasteiger partial charge in [0.1, 0.15) is 6.54 Å². The van der Waals surface area contributed by atoms with Crippen molar-refractivity contribution in [2.75, 3.05) is 18.5 Å². The molecule has 0 aliphatic carbocycles. The lowest BCUT2D eigenvalue weighted by Gasteiger charge is -2.08. The summed E-state index contributed by atoms with van der Waals surface area (Å²) in [6.45, 7) is 0.778. The predicted molar refractivity (Wildman–Crippen MR) is 111 cm³/mol. The zero-order valence-corrected chi connectivity index (χ0v) is 17.4. The van der Waals surface area contributed by atoms with Crippen LogP contribution in [0.4, 0.5) is 5.69 Å². The Morgan fingerprint density at radius 1 is 1.14 bits per heavy atom. The van der Waals surface area contributed by atoms with E-state index < -0.39 is 35.1 Å². The molecule has 0 saturated carbocycles. The van der Waals surface area contributed by atoms with Crippen molar-refractivity contribution in [3.63, 3.8) is 0 Å². The SMILES string of the molecule is Cc1cc(NC(=O)COC(=O)CNS(=O)(=O)/C=C/c2ccccc2)ccc1Br. The van der Waals surface area contributed by atoms with E-state index in [2.05, 4.69) is 26.0 Å². The average molecular weight is 467 g/mol. The Labute approximate surface area is 172 Å². The van der Waals surface area contributed by atoms with Crippen LogP contribution in [0.15, 0.2) is 58.4 Å². The maximum atomic E-state index is 11.9. The predicted octanol–water partition coefficient (Wildman–Crippen LogP) is 2.83. The minimum atomic E-state index is -3.81. The van der Waals surface area contributed by atoms with Crippen molar-refractivity contribution in [2.45, 2.75) is 6.92 Å². The molecule has 0 saturated heterocycles. The number of amides is 1. The summed E-state index contributed by atoms with van der Waals surface area (Å²) in [6, 6.07) is 14.1. The number of rotatable bonds is 8. The molecule has 0 fully saturated rings. The first-order chi connectivity index (χ1) is 13.2. The Bertz CT molecular complexity index is 975. The maximum Gasteiger partial charge on any atom is 0.321 e. The third-order valence-corrected chi connectivity index (χ3v) is 5.39. The molecule has 148 valence electrons. The van der Waals surface area contributed by atoms with Crippen LogP contribution in [0.25, 0.3) is 6.08 Å². The lowest BCUT2D eigenvalue weighted by molar-refractivity contribution is -0.146. The topological polar surface area (TPSA) is 102 Å². The van der Waals surface area contributed by atoms with E-state index in [1.165, 1.54) is 6.08 Å². The lowest BCUT2D eigenvalue weighted by atomic mass is 10.2. The van der Waals surface area contributed by atoms with Crippen LogP contribution >= 0.6 is 15.9 Å². The summed E-state index contributed by atoms with van der Waals surface area (Å²) in [6.07, 6.45) is 1.40. The number of nitrogens with one attached hydrogen (secondary N) is 2. The summed E-state index contributed by atoms with van der Waals surface area (Å²) >= 11 is 3.36. The normalized spacial score (nSPS) is 11.4. The Kier molecular flexibility index (Phi) is 7.91. The molecule has 2 N–H and O–H groups in total. The third-order valence-electron chi connectivity index (χ3n) is 3.46. The van der Waals surface area contributed by atoms with Gasteiger partial charge < -0.3 is 10.1 Å². The second-order valence-electron chi connectivity index (χ2n) is 5.75. The number of carbonyl (C=O) groups is 2. The van der Waals surface area contributed by atoms with Gasteiger partial charge in [0.05, 0.1) is 0 Å². The van der Waals surface area contributed by atoms with Crippen LogP contribution in [0.3, 0.4) is 0 Å². The fourth-order valence-electron chi connectivity index (χ4n) is 2.06. The standard InChI is InChI=1S/C19H19BrN2O5S/c1-14-11-16(7-8-17(14)20)22-18(23)13-27-19(24)12-21-28(25,26)10-9-15-5-3-2-4-6-15/h2-11,21H,12-13H2,1H3,(H,22,23)/b10-9+. The number of carbonyl (C=O) groups excluding carboxylic acids is 2. The molecule has 0 aliphatic heterocycles. The van der Waals surface area contributed by atoms with Crippen molar-refractivity contribution < 1.29 is 22.7 Å². The number of benzene rings is 2. The molecule has 0 spiro atoms. The van der Waals surface area contributed by atoms with Gasteiger partial charge in [-0.05, 0) is 42.3 Å². The van der Waals surface area contributed by atoms with Gasteiger partial charge in [-0.2, -0.15) is 0 Å². The number of hydrogen-bond acceptors (Lipinski definition) is 5. The first-order valence-corrected chi connectivity index (χ1v) is 10.5. The van der Waals surface area contributed by atoms with Crippen LogP contribution in [-0.2, 0) is 24.3 Å². The average Bonchev–Trinajstić information content (AvgIpc) is 2.67. The van der Waals surface area contributed by atoms with Gasteiger partial charge in [-0.15, -0.1) is 0 Å². The maximum absolute atomic E-state index is 11.9. The van der Waals surface area contributed by atoms with Crippen LogP contribution in [0.1, 0.15) is 11.1 Å². The van der Waals surface area contributed by atoms with Crippen molar-refractivity contribution in [1.82, 2.24) is 4.72 Å². The van der Waals surface area contributed by atoms with Crippen molar-refractivity contribution in [3.05, 3.63) is 69.5 Å². The molecule has 28 heavy (non-hydrogen) atoms. The van der Waals surface area contributed by atoms with E-state index in [1.54, 1.807) is 42.5 Å². The van der Waals surface area contributed by atoms with E-state index in [0.29, 0.717) is 11.3 Å². The van der Waals surface area contributed by atoms with Gasteiger partial charge in [0, 0.05) is 15.6 Å². The highest BCUT2D eigenvalue weighted by atomic mass is 79.9. The Hall–Kier alpha value is -2.49.